The number of hydrogen-bond donors (Lipinski definition) is 2. The summed E-state index contributed by atoms with van der Waals surface area (Å²) in [5.74, 6) is -0.591. The van der Waals surface area contributed by atoms with Gasteiger partial charge in [-0.1, -0.05) is 23.7 Å². The Morgan fingerprint density at radius 2 is 2.05 bits per heavy atom. The van der Waals surface area contributed by atoms with E-state index in [-0.39, 0.29) is 11.7 Å². The summed E-state index contributed by atoms with van der Waals surface area (Å²) >= 11 is 7.04. The number of carbonyl (C=O) groups excluding carboxylic acids is 1. The summed E-state index contributed by atoms with van der Waals surface area (Å²) < 4.78 is 13.5. The molecule has 0 radical (unpaired) electrons. The Kier molecular flexibility index (Phi) is 4.87. The molecule has 6 heteroatoms. The summed E-state index contributed by atoms with van der Waals surface area (Å²) in [6.07, 6.45) is 0. The fourth-order valence-corrected chi connectivity index (χ4v) is 2.43. The number of nitrogens with one attached hydrogen (secondary N) is 1. The van der Waals surface area contributed by atoms with E-state index in [1.165, 1.54) is 6.07 Å². The summed E-state index contributed by atoms with van der Waals surface area (Å²) in [4.78, 5) is 12.2. The molecule has 0 atom stereocenters. The van der Waals surface area contributed by atoms with Gasteiger partial charge in [-0.3, -0.25) is 4.79 Å². The molecule has 2 aromatic carbocycles. The van der Waals surface area contributed by atoms with Crippen molar-refractivity contribution in [2.24, 2.45) is 0 Å². The Bertz CT molecular complexity index is 636. The van der Waals surface area contributed by atoms with Crippen molar-refractivity contribution in [1.82, 2.24) is 0 Å². The van der Waals surface area contributed by atoms with Gasteiger partial charge in [0.15, 0.2) is 0 Å². The Labute approximate surface area is 125 Å². The zero-order valence-corrected chi connectivity index (χ0v) is 12.0. The second-order valence-corrected chi connectivity index (χ2v) is 5.43. The molecule has 2 aromatic rings. The predicted molar refractivity (Wildman–Crippen MR) is 81.6 cm³/mol. The van der Waals surface area contributed by atoms with Crippen LogP contribution < -0.4 is 11.1 Å². The number of thioether (sulfide) groups is 1. The van der Waals surface area contributed by atoms with E-state index in [0.717, 1.165) is 11.8 Å². The van der Waals surface area contributed by atoms with Crippen molar-refractivity contribution in [1.29, 1.82) is 0 Å². The molecule has 3 N–H and O–H groups in total. The fraction of sp³-hybridized carbons (Fsp3) is 0.0714. The Morgan fingerprint density at radius 3 is 2.75 bits per heavy atom. The molecule has 104 valence electrons. The van der Waals surface area contributed by atoms with Crippen LogP contribution in [0.4, 0.5) is 15.8 Å². The standard InChI is InChI=1S/C14H12ClFN2OS/c15-10-3-1-2-4-12(10)18-14(19)8-20-13-6-5-9(17)7-11(13)16/h1-7H,8,17H2,(H,18,19). The number of benzene rings is 2. The van der Waals surface area contributed by atoms with Gasteiger partial charge in [0.1, 0.15) is 5.82 Å². The van der Waals surface area contributed by atoms with Crippen LogP contribution in [0.2, 0.25) is 5.02 Å². The van der Waals surface area contributed by atoms with Crippen LogP contribution >= 0.6 is 23.4 Å². The molecule has 0 aliphatic rings. The Balaban J connectivity index is 1.94. The van der Waals surface area contributed by atoms with Crippen LogP contribution in [-0.4, -0.2) is 11.7 Å². The lowest BCUT2D eigenvalue weighted by molar-refractivity contribution is -0.113. The molecule has 0 heterocycles. The van der Waals surface area contributed by atoms with Crippen LogP contribution in [-0.2, 0) is 4.79 Å². The Hall–Kier alpha value is -1.72. The number of anilines is 2. The smallest absolute Gasteiger partial charge is 0.234 e. The number of amides is 1. The largest absolute Gasteiger partial charge is 0.399 e. The highest BCUT2D eigenvalue weighted by atomic mass is 35.5. The quantitative estimate of drug-likeness (QED) is 0.667. The van der Waals surface area contributed by atoms with Crippen LogP contribution in [0.5, 0.6) is 0 Å². The third-order valence-electron chi connectivity index (χ3n) is 2.46. The van der Waals surface area contributed by atoms with Crippen LogP contribution in [0, 0.1) is 5.82 Å². The Morgan fingerprint density at radius 1 is 1.30 bits per heavy atom. The number of nitrogen functional groups attached to an aromatic ring is 1. The van der Waals surface area contributed by atoms with E-state index in [0.29, 0.717) is 21.3 Å². The summed E-state index contributed by atoms with van der Waals surface area (Å²) in [6.45, 7) is 0. The van der Waals surface area contributed by atoms with E-state index in [4.69, 9.17) is 17.3 Å². The van der Waals surface area contributed by atoms with Crippen LogP contribution in [0.15, 0.2) is 47.4 Å². The van der Waals surface area contributed by atoms with E-state index in [9.17, 15) is 9.18 Å². The minimum Gasteiger partial charge on any atom is -0.399 e. The number of para-hydroxylation sites is 1. The van der Waals surface area contributed by atoms with E-state index in [2.05, 4.69) is 5.32 Å². The molecule has 0 aliphatic carbocycles. The first-order valence-electron chi connectivity index (χ1n) is 5.78. The summed E-state index contributed by atoms with van der Waals surface area (Å²) in [7, 11) is 0. The molecule has 0 aromatic heterocycles. The number of hydrogen-bond acceptors (Lipinski definition) is 3. The highest BCUT2D eigenvalue weighted by molar-refractivity contribution is 8.00. The molecule has 0 fully saturated rings. The van der Waals surface area contributed by atoms with Crippen molar-refractivity contribution in [2.75, 3.05) is 16.8 Å². The second-order valence-electron chi connectivity index (χ2n) is 4.01. The summed E-state index contributed by atoms with van der Waals surface area (Å²) in [6, 6.07) is 11.3. The van der Waals surface area contributed by atoms with Crippen molar-refractivity contribution < 1.29 is 9.18 Å². The van der Waals surface area contributed by atoms with Gasteiger partial charge in [0.05, 0.1) is 16.5 Å². The van der Waals surface area contributed by atoms with Crippen LogP contribution in [0.25, 0.3) is 0 Å². The minimum atomic E-state index is -0.430. The summed E-state index contributed by atoms with van der Waals surface area (Å²) in [5, 5.41) is 3.13. The summed E-state index contributed by atoms with van der Waals surface area (Å²) in [5.41, 5.74) is 6.35. The topological polar surface area (TPSA) is 55.1 Å². The molecule has 2 rings (SSSR count). The van der Waals surface area contributed by atoms with Crippen molar-refractivity contribution in [2.45, 2.75) is 4.90 Å². The van der Waals surface area contributed by atoms with Gasteiger partial charge in [-0.05, 0) is 30.3 Å². The molecule has 0 saturated heterocycles. The molecule has 0 spiro atoms. The van der Waals surface area contributed by atoms with Crippen molar-refractivity contribution in [3.8, 4) is 0 Å². The molecular weight excluding hydrogens is 299 g/mol. The lowest BCUT2D eigenvalue weighted by Crippen LogP contribution is -2.14. The maximum absolute atomic E-state index is 13.5. The van der Waals surface area contributed by atoms with Crippen molar-refractivity contribution in [3.05, 3.63) is 53.3 Å². The lowest BCUT2D eigenvalue weighted by atomic mass is 10.3. The van der Waals surface area contributed by atoms with Gasteiger partial charge in [-0.25, -0.2) is 4.39 Å². The maximum Gasteiger partial charge on any atom is 0.234 e. The van der Waals surface area contributed by atoms with Gasteiger partial charge >= 0.3 is 0 Å². The maximum atomic E-state index is 13.5. The van der Waals surface area contributed by atoms with Crippen LogP contribution in [0.1, 0.15) is 0 Å². The molecular formula is C14H12ClFN2OS. The third-order valence-corrected chi connectivity index (χ3v) is 3.84. The molecule has 0 saturated carbocycles. The normalized spacial score (nSPS) is 10.3. The zero-order chi connectivity index (χ0) is 14.5. The lowest BCUT2D eigenvalue weighted by Gasteiger charge is -2.07. The first kappa shape index (κ1) is 14.7. The van der Waals surface area contributed by atoms with Crippen LogP contribution in [0.3, 0.4) is 0 Å². The number of halogens is 2. The average Bonchev–Trinajstić information content (AvgIpc) is 2.40. The van der Waals surface area contributed by atoms with E-state index in [1.54, 1.807) is 36.4 Å². The second kappa shape index (κ2) is 6.63. The number of nitrogens with two attached hydrogens (primary N) is 1. The first-order chi connectivity index (χ1) is 9.56. The van der Waals surface area contributed by atoms with Crippen molar-refractivity contribution in [3.63, 3.8) is 0 Å². The zero-order valence-electron chi connectivity index (χ0n) is 10.4. The van der Waals surface area contributed by atoms with Gasteiger partial charge in [-0.2, -0.15) is 0 Å². The predicted octanol–water partition coefficient (Wildman–Crippen LogP) is 3.79. The molecule has 20 heavy (non-hydrogen) atoms. The first-order valence-corrected chi connectivity index (χ1v) is 7.15. The van der Waals surface area contributed by atoms with Gasteiger partial charge in [0.2, 0.25) is 5.91 Å². The number of carbonyl (C=O) groups is 1. The third kappa shape index (κ3) is 3.88. The molecule has 1 amide bonds. The molecule has 3 nitrogen and oxygen atoms in total. The fourth-order valence-electron chi connectivity index (χ4n) is 1.53. The van der Waals surface area contributed by atoms with Gasteiger partial charge in [-0.15, -0.1) is 11.8 Å². The SMILES string of the molecule is Nc1ccc(SCC(=O)Nc2ccccc2Cl)c(F)c1. The van der Waals surface area contributed by atoms with Gasteiger partial charge in [0.25, 0.3) is 0 Å². The average molecular weight is 311 g/mol. The highest BCUT2D eigenvalue weighted by Gasteiger charge is 2.08. The van der Waals surface area contributed by atoms with Gasteiger partial charge in [0, 0.05) is 10.6 Å². The van der Waals surface area contributed by atoms with E-state index < -0.39 is 5.82 Å². The van der Waals surface area contributed by atoms with Crippen molar-refractivity contribution >= 4 is 40.6 Å². The molecule has 0 bridgehead atoms. The highest BCUT2D eigenvalue weighted by Crippen LogP contribution is 2.24. The minimum absolute atomic E-state index is 0.0893. The molecule has 0 aliphatic heterocycles. The van der Waals surface area contributed by atoms with E-state index in [1.807, 2.05) is 0 Å². The van der Waals surface area contributed by atoms with E-state index >= 15 is 0 Å². The monoisotopic (exact) mass is 310 g/mol. The van der Waals surface area contributed by atoms with Gasteiger partial charge < -0.3 is 11.1 Å². The molecule has 0 unspecified atom stereocenters. The number of rotatable bonds is 4.